The third kappa shape index (κ3) is 5.30. The van der Waals surface area contributed by atoms with Gasteiger partial charge in [-0.05, 0) is 23.6 Å². The number of nitrogens with two attached hydrogens (primary N) is 1. The van der Waals surface area contributed by atoms with Gasteiger partial charge in [0.05, 0.1) is 12.5 Å². The number of carbonyl (C=O) groups excluding carboxylic acids is 1. The van der Waals surface area contributed by atoms with Gasteiger partial charge < -0.3 is 16.2 Å². The van der Waals surface area contributed by atoms with Gasteiger partial charge in [-0.15, -0.1) is 0 Å². The van der Waals surface area contributed by atoms with E-state index in [9.17, 15) is 9.90 Å². The Morgan fingerprint density at radius 3 is 2.37 bits per heavy atom. The van der Waals surface area contributed by atoms with Gasteiger partial charge in [-0.25, -0.2) is 0 Å². The number of nitrogens with one attached hydrogen (secondary N) is 1. The van der Waals surface area contributed by atoms with Gasteiger partial charge in [0.2, 0.25) is 5.91 Å². The van der Waals surface area contributed by atoms with Crippen LogP contribution in [-0.2, 0) is 11.2 Å². The third-order valence-corrected chi connectivity index (χ3v) is 3.45. The molecule has 0 radical (unpaired) electrons. The molecule has 4 N–H and O–H groups in total. The molecule has 0 saturated heterocycles. The Morgan fingerprint density at radius 2 is 1.84 bits per heavy atom. The highest BCUT2D eigenvalue weighted by Gasteiger charge is 2.16. The lowest BCUT2D eigenvalue weighted by Crippen LogP contribution is -2.36. The number of carbonyl (C=O) groups is 1. The summed E-state index contributed by atoms with van der Waals surface area (Å²) in [5.74, 6) is 0.173. The van der Waals surface area contributed by atoms with Crippen molar-refractivity contribution in [2.45, 2.75) is 39.2 Å². The van der Waals surface area contributed by atoms with E-state index in [0.717, 1.165) is 18.4 Å². The first kappa shape index (κ1) is 15.5. The zero-order valence-corrected chi connectivity index (χ0v) is 11.7. The average molecular weight is 264 g/mol. The Labute approximate surface area is 115 Å². The standard InChI is InChI=1S/C15H24N2O2/c1-3-12(4-2)14(18)10-17-15(19)9-11-5-7-13(16)8-6-11/h5-8,12,14,18H,3-4,9-10,16H2,1-2H3,(H,17,19). The van der Waals surface area contributed by atoms with Gasteiger partial charge in [0.25, 0.3) is 0 Å². The Hall–Kier alpha value is -1.55. The zero-order chi connectivity index (χ0) is 14.3. The van der Waals surface area contributed by atoms with Crippen LogP contribution in [0.3, 0.4) is 0 Å². The third-order valence-electron chi connectivity index (χ3n) is 3.45. The lowest BCUT2D eigenvalue weighted by molar-refractivity contribution is -0.121. The molecule has 1 unspecified atom stereocenters. The first-order chi connectivity index (χ1) is 9.06. The van der Waals surface area contributed by atoms with Crippen molar-refractivity contribution in [3.05, 3.63) is 29.8 Å². The minimum atomic E-state index is -0.467. The van der Waals surface area contributed by atoms with Crippen molar-refractivity contribution in [1.82, 2.24) is 5.32 Å². The van der Waals surface area contributed by atoms with Gasteiger partial charge in [0, 0.05) is 12.2 Å². The fourth-order valence-electron chi connectivity index (χ4n) is 2.10. The normalized spacial score (nSPS) is 12.4. The molecule has 106 valence electrons. The van der Waals surface area contributed by atoms with Crippen LogP contribution in [0.4, 0.5) is 5.69 Å². The van der Waals surface area contributed by atoms with Gasteiger partial charge in [-0.2, -0.15) is 0 Å². The van der Waals surface area contributed by atoms with Crippen molar-refractivity contribution in [3.8, 4) is 0 Å². The topological polar surface area (TPSA) is 75.3 Å². The van der Waals surface area contributed by atoms with E-state index >= 15 is 0 Å². The minimum absolute atomic E-state index is 0.0743. The Morgan fingerprint density at radius 1 is 1.26 bits per heavy atom. The fraction of sp³-hybridized carbons (Fsp3) is 0.533. The maximum atomic E-state index is 11.7. The van der Waals surface area contributed by atoms with Crippen molar-refractivity contribution in [3.63, 3.8) is 0 Å². The van der Waals surface area contributed by atoms with Crippen molar-refractivity contribution in [2.24, 2.45) is 5.92 Å². The van der Waals surface area contributed by atoms with Crippen LogP contribution in [0.5, 0.6) is 0 Å². The smallest absolute Gasteiger partial charge is 0.224 e. The van der Waals surface area contributed by atoms with Gasteiger partial charge in [0.15, 0.2) is 0 Å². The molecule has 1 aromatic rings. The van der Waals surface area contributed by atoms with Gasteiger partial charge in [-0.3, -0.25) is 4.79 Å². The maximum Gasteiger partial charge on any atom is 0.224 e. The summed E-state index contributed by atoms with van der Waals surface area (Å²) in [7, 11) is 0. The first-order valence-electron chi connectivity index (χ1n) is 6.86. The summed E-state index contributed by atoms with van der Waals surface area (Å²) in [4.78, 5) is 11.7. The number of aliphatic hydroxyl groups is 1. The van der Waals surface area contributed by atoms with Crippen LogP contribution in [0, 0.1) is 5.92 Å². The lowest BCUT2D eigenvalue weighted by Gasteiger charge is -2.20. The van der Waals surface area contributed by atoms with E-state index in [0.29, 0.717) is 18.7 Å². The van der Waals surface area contributed by atoms with E-state index < -0.39 is 6.10 Å². The quantitative estimate of drug-likeness (QED) is 0.656. The Bertz CT molecular complexity index is 386. The number of benzene rings is 1. The van der Waals surface area contributed by atoms with Crippen LogP contribution in [0.2, 0.25) is 0 Å². The molecule has 0 aliphatic heterocycles. The molecule has 4 heteroatoms. The van der Waals surface area contributed by atoms with Gasteiger partial charge in [-0.1, -0.05) is 38.8 Å². The van der Waals surface area contributed by atoms with Crippen LogP contribution in [0.25, 0.3) is 0 Å². The molecule has 0 aliphatic rings. The number of anilines is 1. The molecular formula is C15H24N2O2. The van der Waals surface area contributed by atoms with E-state index in [1.807, 2.05) is 26.0 Å². The SMILES string of the molecule is CCC(CC)C(O)CNC(=O)Cc1ccc(N)cc1. The molecule has 0 aromatic heterocycles. The zero-order valence-electron chi connectivity index (χ0n) is 11.7. The summed E-state index contributed by atoms with van der Waals surface area (Å²) in [6.45, 7) is 4.42. The van der Waals surface area contributed by atoms with Crippen molar-refractivity contribution >= 4 is 11.6 Å². The second-order valence-electron chi connectivity index (χ2n) is 4.87. The minimum Gasteiger partial charge on any atom is -0.399 e. The molecule has 0 spiro atoms. The number of rotatable bonds is 7. The van der Waals surface area contributed by atoms with E-state index in [-0.39, 0.29) is 11.8 Å². The molecule has 4 nitrogen and oxygen atoms in total. The largest absolute Gasteiger partial charge is 0.399 e. The molecule has 1 rings (SSSR count). The van der Waals surface area contributed by atoms with Crippen LogP contribution >= 0.6 is 0 Å². The molecule has 0 bridgehead atoms. The highest BCUT2D eigenvalue weighted by molar-refractivity contribution is 5.78. The maximum absolute atomic E-state index is 11.7. The highest BCUT2D eigenvalue weighted by Crippen LogP contribution is 2.12. The molecule has 0 saturated carbocycles. The molecular weight excluding hydrogens is 240 g/mol. The Balaban J connectivity index is 2.37. The lowest BCUT2D eigenvalue weighted by atomic mass is 9.96. The predicted molar refractivity (Wildman–Crippen MR) is 77.6 cm³/mol. The number of amides is 1. The fourth-order valence-corrected chi connectivity index (χ4v) is 2.10. The van der Waals surface area contributed by atoms with E-state index in [4.69, 9.17) is 5.73 Å². The molecule has 1 aromatic carbocycles. The van der Waals surface area contributed by atoms with Crippen LogP contribution in [-0.4, -0.2) is 23.7 Å². The summed E-state index contributed by atoms with van der Waals surface area (Å²) in [5.41, 5.74) is 7.19. The summed E-state index contributed by atoms with van der Waals surface area (Å²) in [6.07, 6.45) is 1.69. The van der Waals surface area contributed by atoms with E-state index in [2.05, 4.69) is 5.32 Å². The molecule has 1 atom stereocenters. The van der Waals surface area contributed by atoms with Gasteiger partial charge >= 0.3 is 0 Å². The molecule has 0 heterocycles. The second-order valence-corrected chi connectivity index (χ2v) is 4.87. The van der Waals surface area contributed by atoms with Crippen molar-refractivity contribution < 1.29 is 9.90 Å². The Kier molecular flexibility index (Phi) is 6.36. The molecule has 0 fully saturated rings. The summed E-state index contributed by atoms with van der Waals surface area (Å²) >= 11 is 0. The second kappa shape index (κ2) is 7.79. The number of hydrogen-bond acceptors (Lipinski definition) is 3. The van der Waals surface area contributed by atoms with Crippen LogP contribution < -0.4 is 11.1 Å². The monoisotopic (exact) mass is 264 g/mol. The predicted octanol–water partition coefficient (Wildman–Crippen LogP) is 1.72. The van der Waals surface area contributed by atoms with Crippen molar-refractivity contribution in [2.75, 3.05) is 12.3 Å². The van der Waals surface area contributed by atoms with Crippen LogP contribution in [0.15, 0.2) is 24.3 Å². The van der Waals surface area contributed by atoms with E-state index in [1.54, 1.807) is 12.1 Å². The van der Waals surface area contributed by atoms with Gasteiger partial charge in [0.1, 0.15) is 0 Å². The average Bonchev–Trinajstić information content (AvgIpc) is 2.40. The highest BCUT2D eigenvalue weighted by atomic mass is 16.3. The summed E-state index contributed by atoms with van der Waals surface area (Å²) in [6, 6.07) is 7.24. The summed E-state index contributed by atoms with van der Waals surface area (Å²) in [5, 5.41) is 12.7. The molecule has 19 heavy (non-hydrogen) atoms. The number of hydrogen-bond donors (Lipinski definition) is 3. The van der Waals surface area contributed by atoms with Crippen LogP contribution in [0.1, 0.15) is 32.3 Å². The molecule has 1 amide bonds. The molecule has 0 aliphatic carbocycles. The van der Waals surface area contributed by atoms with E-state index in [1.165, 1.54) is 0 Å². The number of nitrogen functional groups attached to an aromatic ring is 1. The van der Waals surface area contributed by atoms with Crippen molar-refractivity contribution in [1.29, 1.82) is 0 Å². The first-order valence-corrected chi connectivity index (χ1v) is 6.86. The summed E-state index contributed by atoms with van der Waals surface area (Å²) < 4.78 is 0. The number of aliphatic hydroxyl groups excluding tert-OH is 1.